The van der Waals surface area contributed by atoms with Gasteiger partial charge in [0.25, 0.3) is 11.7 Å². The number of anilines is 1. The molecule has 0 heterocycles. The van der Waals surface area contributed by atoms with Gasteiger partial charge in [-0.2, -0.15) is 0 Å². The molecule has 0 aliphatic heterocycles. The van der Waals surface area contributed by atoms with Crippen molar-refractivity contribution in [3.8, 4) is 5.75 Å². The number of amides is 1. The van der Waals surface area contributed by atoms with Gasteiger partial charge in [-0.15, -0.1) is 0 Å². The van der Waals surface area contributed by atoms with E-state index < -0.39 is 32.9 Å². The van der Waals surface area contributed by atoms with Crippen molar-refractivity contribution in [3.63, 3.8) is 0 Å². The Bertz CT molecular complexity index is 788. The van der Waals surface area contributed by atoms with E-state index in [0.29, 0.717) is 0 Å². The number of aromatic hydroxyl groups is 1. The first-order valence-electron chi connectivity index (χ1n) is 6.03. The molecule has 2 aromatic rings. The second kappa shape index (κ2) is 6.28. The summed E-state index contributed by atoms with van der Waals surface area (Å²) in [6, 6.07) is 7.73. The first-order valence-corrected chi connectivity index (χ1v) is 6.40. The van der Waals surface area contributed by atoms with Gasteiger partial charge in [0.15, 0.2) is 0 Å². The Kier molecular flexibility index (Phi) is 4.42. The second-order valence-electron chi connectivity index (χ2n) is 4.31. The smallest absolute Gasteiger partial charge is 0.318 e. The number of benzene rings is 2. The molecule has 0 atom stereocenters. The molecule has 2 aromatic carbocycles. The molecule has 9 nitrogen and oxygen atoms in total. The van der Waals surface area contributed by atoms with Gasteiger partial charge in [-0.25, -0.2) is 0 Å². The van der Waals surface area contributed by atoms with E-state index in [0.717, 1.165) is 12.1 Å². The zero-order valence-corrected chi connectivity index (χ0v) is 12.0. The number of phenols is 1. The van der Waals surface area contributed by atoms with Crippen LogP contribution in [0.25, 0.3) is 0 Å². The van der Waals surface area contributed by atoms with Gasteiger partial charge in [0.2, 0.25) is 0 Å². The van der Waals surface area contributed by atoms with Crippen LogP contribution >= 0.6 is 11.6 Å². The van der Waals surface area contributed by atoms with E-state index in [1.165, 1.54) is 12.1 Å². The Morgan fingerprint density at radius 1 is 1.09 bits per heavy atom. The van der Waals surface area contributed by atoms with E-state index in [-0.39, 0.29) is 16.3 Å². The Morgan fingerprint density at radius 3 is 2.09 bits per heavy atom. The number of nitro benzene ring substituents is 2. The molecular formula is C13H8ClN3O6. The van der Waals surface area contributed by atoms with Gasteiger partial charge in [0, 0.05) is 12.1 Å². The standard InChI is InChI=1S/C13H8ClN3O6/c14-8-3-1-2-4-9(8)15-13(19)7-5-10(16(20)21)12(18)11(6-7)17(22)23/h1-6,18H,(H,15,19). The number of phenolic OH excluding ortho intramolecular Hbond substituents is 1. The van der Waals surface area contributed by atoms with Crippen LogP contribution < -0.4 is 5.32 Å². The lowest BCUT2D eigenvalue weighted by Crippen LogP contribution is -2.13. The lowest BCUT2D eigenvalue weighted by atomic mass is 10.1. The molecule has 0 saturated carbocycles. The van der Waals surface area contributed by atoms with Crippen LogP contribution in [0.4, 0.5) is 17.1 Å². The van der Waals surface area contributed by atoms with Crippen LogP contribution in [0.2, 0.25) is 5.02 Å². The minimum atomic E-state index is -1.12. The van der Waals surface area contributed by atoms with Crippen molar-refractivity contribution in [2.24, 2.45) is 0 Å². The van der Waals surface area contributed by atoms with Crippen molar-refractivity contribution >= 4 is 34.6 Å². The van der Waals surface area contributed by atoms with Gasteiger partial charge in [-0.1, -0.05) is 23.7 Å². The first-order chi connectivity index (χ1) is 10.8. The fourth-order valence-electron chi connectivity index (χ4n) is 1.77. The molecule has 0 spiro atoms. The third-order valence-corrected chi connectivity index (χ3v) is 3.18. The number of halogens is 1. The number of carbonyl (C=O) groups is 1. The van der Waals surface area contributed by atoms with Gasteiger partial charge in [0.05, 0.1) is 26.1 Å². The van der Waals surface area contributed by atoms with E-state index in [2.05, 4.69) is 5.32 Å². The topological polar surface area (TPSA) is 136 Å². The average molecular weight is 338 g/mol. The van der Waals surface area contributed by atoms with Crippen LogP contribution in [0.5, 0.6) is 5.75 Å². The molecule has 0 saturated heterocycles. The van der Waals surface area contributed by atoms with Gasteiger partial charge in [-0.05, 0) is 12.1 Å². The number of nitrogens with one attached hydrogen (secondary N) is 1. The van der Waals surface area contributed by atoms with E-state index >= 15 is 0 Å². The molecule has 23 heavy (non-hydrogen) atoms. The molecule has 2 N–H and O–H groups in total. The molecule has 0 bridgehead atoms. The molecule has 0 fully saturated rings. The van der Waals surface area contributed by atoms with Crippen molar-refractivity contribution in [1.29, 1.82) is 0 Å². The zero-order valence-electron chi connectivity index (χ0n) is 11.2. The maximum Gasteiger partial charge on any atom is 0.318 e. The molecule has 118 valence electrons. The van der Waals surface area contributed by atoms with Crippen molar-refractivity contribution in [2.45, 2.75) is 0 Å². The summed E-state index contributed by atoms with van der Waals surface area (Å²) in [4.78, 5) is 31.8. The third kappa shape index (κ3) is 3.35. The molecular weight excluding hydrogens is 330 g/mol. The van der Waals surface area contributed by atoms with Gasteiger partial charge in [0.1, 0.15) is 0 Å². The summed E-state index contributed by atoms with van der Waals surface area (Å²) >= 11 is 5.87. The fourth-order valence-corrected chi connectivity index (χ4v) is 1.95. The highest BCUT2D eigenvalue weighted by molar-refractivity contribution is 6.33. The molecule has 10 heteroatoms. The van der Waals surface area contributed by atoms with E-state index in [1.807, 2.05) is 0 Å². The van der Waals surface area contributed by atoms with Crippen LogP contribution in [-0.2, 0) is 0 Å². The zero-order chi connectivity index (χ0) is 17.1. The van der Waals surface area contributed by atoms with Crippen LogP contribution in [-0.4, -0.2) is 20.9 Å². The molecule has 0 aliphatic rings. The highest BCUT2D eigenvalue weighted by atomic mass is 35.5. The molecule has 1 amide bonds. The maximum atomic E-state index is 12.1. The fraction of sp³-hybridized carbons (Fsp3) is 0. The molecule has 0 unspecified atom stereocenters. The van der Waals surface area contributed by atoms with Crippen LogP contribution in [0.1, 0.15) is 10.4 Å². The Labute approximate surface area is 133 Å². The highest BCUT2D eigenvalue weighted by Crippen LogP contribution is 2.37. The number of carbonyl (C=O) groups excluding carboxylic acids is 1. The van der Waals surface area contributed by atoms with Crippen LogP contribution in [0, 0.1) is 20.2 Å². The highest BCUT2D eigenvalue weighted by Gasteiger charge is 2.28. The molecule has 0 aliphatic carbocycles. The van der Waals surface area contributed by atoms with Crippen LogP contribution in [0.15, 0.2) is 36.4 Å². The second-order valence-corrected chi connectivity index (χ2v) is 4.72. The number of nitro groups is 2. The SMILES string of the molecule is O=C(Nc1ccccc1Cl)c1cc([N+](=O)[O-])c(O)c([N+](=O)[O-])c1. The summed E-state index contributed by atoms with van der Waals surface area (Å²) in [5.74, 6) is -1.96. The van der Waals surface area contributed by atoms with Gasteiger partial charge < -0.3 is 10.4 Å². The summed E-state index contributed by atoms with van der Waals surface area (Å²) in [5.41, 5.74) is -2.01. The monoisotopic (exact) mass is 337 g/mol. The van der Waals surface area contributed by atoms with Crippen molar-refractivity contribution in [3.05, 3.63) is 67.2 Å². The van der Waals surface area contributed by atoms with Crippen molar-refractivity contribution < 1.29 is 19.7 Å². The Hall–Kier alpha value is -3.20. The van der Waals surface area contributed by atoms with E-state index in [1.54, 1.807) is 12.1 Å². The number of hydrogen-bond acceptors (Lipinski definition) is 6. The Balaban J connectivity index is 2.46. The molecule has 0 aromatic heterocycles. The number of para-hydroxylation sites is 1. The van der Waals surface area contributed by atoms with Gasteiger partial charge in [-0.3, -0.25) is 25.0 Å². The summed E-state index contributed by atoms with van der Waals surface area (Å²) in [6.45, 7) is 0. The first kappa shape index (κ1) is 16.2. The molecule has 2 rings (SSSR count). The number of nitrogens with zero attached hydrogens (tertiary/aromatic N) is 2. The minimum absolute atomic E-state index is 0.226. The van der Waals surface area contributed by atoms with Crippen molar-refractivity contribution in [2.75, 3.05) is 5.32 Å². The predicted octanol–water partition coefficient (Wildman–Crippen LogP) is 3.11. The van der Waals surface area contributed by atoms with Crippen molar-refractivity contribution in [1.82, 2.24) is 0 Å². The van der Waals surface area contributed by atoms with Crippen LogP contribution in [0.3, 0.4) is 0 Å². The van der Waals surface area contributed by atoms with E-state index in [9.17, 15) is 30.1 Å². The number of hydrogen-bond donors (Lipinski definition) is 2. The number of rotatable bonds is 4. The summed E-state index contributed by atoms with van der Waals surface area (Å²) in [5, 5.41) is 33.8. The normalized spacial score (nSPS) is 10.1. The lowest BCUT2D eigenvalue weighted by molar-refractivity contribution is -0.396. The summed E-state index contributed by atoms with van der Waals surface area (Å²) < 4.78 is 0. The van der Waals surface area contributed by atoms with E-state index in [4.69, 9.17) is 11.6 Å². The average Bonchev–Trinajstić information content (AvgIpc) is 2.49. The largest absolute Gasteiger partial charge is 0.497 e. The third-order valence-electron chi connectivity index (χ3n) is 2.85. The Morgan fingerprint density at radius 2 is 1.61 bits per heavy atom. The summed E-state index contributed by atoms with van der Waals surface area (Å²) in [6.07, 6.45) is 0. The predicted molar refractivity (Wildman–Crippen MR) is 80.8 cm³/mol. The quantitative estimate of drug-likeness (QED) is 0.649. The lowest BCUT2D eigenvalue weighted by Gasteiger charge is -2.07. The minimum Gasteiger partial charge on any atom is -0.497 e. The van der Waals surface area contributed by atoms with Gasteiger partial charge >= 0.3 is 11.4 Å². The summed E-state index contributed by atoms with van der Waals surface area (Å²) in [7, 11) is 0. The maximum absolute atomic E-state index is 12.1. The molecule has 0 radical (unpaired) electrons.